The third-order valence-corrected chi connectivity index (χ3v) is 1.66. The molecular formula is C9H15F3N2O3. The van der Waals surface area contributed by atoms with E-state index in [9.17, 15) is 22.8 Å². The first-order chi connectivity index (χ1) is 7.41. The molecule has 0 spiro atoms. The zero-order chi connectivity index (χ0) is 13.9. The fourth-order valence-corrected chi connectivity index (χ4v) is 1.11. The van der Waals surface area contributed by atoms with E-state index in [1.54, 1.807) is 0 Å². The number of carbonyl (C=O) groups excluding carboxylic acids is 1. The molecule has 0 aliphatic heterocycles. The van der Waals surface area contributed by atoms with Crippen molar-refractivity contribution in [3.05, 3.63) is 0 Å². The van der Waals surface area contributed by atoms with Gasteiger partial charge in [-0.15, -0.1) is 0 Å². The van der Waals surface area contributed by atoms with E-state index in [1.807, 2.05) is 0 Å². The summed E-state index contributed by atoms with van der Waals surface area (Å²) in [6.07, 6.45) is -4.99. The van der Waals surface area contributed by atoms with Crippen molar-refractivity contribution in [1.82, 2.24) is 4.90 Å². The minimum Gasteiger partial charge on any atom is -0.480 e. The van der Waals surface area contributed by atoms with Gasteiger partial charge in [0, 0.05) is 12.0 Å². The number of hydrogen-bond donors (Lipinski definition) is 2. The van der Waals surface area contributed by atoms with Crippen molar-refractivity contribution in [2.24, 2.45) is 5.73 Å². The average Bonchev–Trinajstić information content (AvgIpc) is 1.95. The average molecular weight is 256 g/mol. The second-order valence-corrected chi connectivity index (χ2v) is 4.42. The molecule has 3 N–H and O–H groups in total. The minimum absolute atomic E-state index is 0.233. The number of halogens is 3. The number of aliphatic carboxylic acids is 1. The first-order valence-corrected chi connectivity index (χ1v) is 4.76. The van der Waals surface area contributed by atoms with E-state index < -0.39 is 36.7 Å². The van der Waals surface area contributed by atoms with Crippen LogP contribution in [0.15, 0.2) is 0 Å². The molecule has 0 aliphatic rings. The molecule has 0 aromatic carbocycles. The van der Waals surface area contributed by atoms with Crippen LogP contribution in [0.5, 0.6) is 0 Å². The predicted molar refractivity (Wildman–Crippen MR) is 53.2 cm³/mol. The number of rotatable bonds is 5. The Morgan fingerprint density at radius 1 is 1.29 bits per heavy atom. The van der Waals surface area contributed by atoms with Crippen molar-refractivity contribution in [2.45, 2.75) is 32.0 Å². The van der Waals surface area contributed by atoms with Gasteiger partial charge in [0.05, 0.1) is 0 Å². The van der Waals surface area contributed by atoms with E-state index in [2.05, 4.69) is 0 Å². The Bertz CT molecular complexity index is 297. The van der Waals surface area contributed by atoms with Gasteiger partial charge >= 0.3 is 12.1 Å². The normalized spacial score (nSPS) is 12.4. The van der Waals surface area contributed by atoms with Crippen LogP contribution < -0.4 is 5.73 Å². The maximum absolute atomic E-state index is 12.1. The highest BCUT2D eigenvalue weighted by molar-refractivity contribution is 5.82. The summed E-state index contributed by atoms with van der Waals surface area (Å²) in [4.78, 5) is 22.1. The zero-order valence-electron chi connectivity index (χ0n) is 9.54. The molecule has 0 heterocycles. The molecule has 100 valence electrons. The van der Waals surface area contributed by atoms with Crippen LogP contribution in [-0.2, 0) is 9.59 Å². The van der Waals surface area contributed by atoms with Gasteiger partial charge in [0.25, 0.3) is 0 Å². The number of hydrogen-bond acceptors (Lipinski definition) is 3. The van der Waals surface area contributed by atoms with Gasteiger partial charge in [-0.25, -0.2) is 0 Å². The Labute approximate surface area is 96.4 Å². The smallest absolute Gasteiger partial charge is 0.406 e. The Balaban J connectivity index is 4.68. The van der Waals surface area contributed by atoms with Crippen molar-refractivity contribution in [3.63, 3.8) is 0 Å². The van der Waals surface area contributed by atoms with Crippen molar-refractivity contribution < 1.29 is 27.9 Å². The van der Waals surface area contributed by atoms with E-state index in [4.69, 9.17) is 10.8 Å². The number of nitrogens with two attached hydrogens (primary N) is 1. The van der Waals surface area contributed by atoms with Crippen LogP contribution in [-0.4, -0.2) is 46.7 Å². The highest BCUT2D eigenvalue weighted by atomic mass is 19.4. The summed E-state index contributed by atoms with van der Waals surface area (Å²) < 4.78 is 36.4. The fourth-order valence-electron chi connectivity index (χ4n) is 1.11. The summed E-state index contributed by atoms with van der Waals surface area (Å²) in [6.45, 7) is 0.359. The number of amides is 1. The molecule has 8 heteroatoms. The lowest BCUT2D eigenvalue weighted by molar-refractivity contribution is -0.166. The summed E-state index contributed by atoms with van der Waals surface area (Å²) in [5.74, 6) is -2.44. The van der Waals surface area contributed by atoms with Crippen LogP contribution in [0.3, 0.4) is 0 Å². The number of carbonyl (C=O) groups is 2. The lowest BCUT2D eigenvalue weighted by Crippen LogP contribution is -2.46. The topological polar surface area (TPSA) is 83.6 Å². The van der Waals surface area contributed by atoms with Gasteiger partial charge in [0.15, 0.2) is 0 Å². The molecule has 0 aromatic rings. The van der Waals surface area contributed by atoms with Crippen molar-refractivity contribution in [3.8, 4) is 0 Å². The van der Waals surface area contributed by atoms with Gasteiger partial charge in [0.2, 0.25) is 5.91 Å². The lowest BCUT2D eigenvalue weighted by Gasteiger charge is -2.26. The van der Waals surface area contributed by atoms with Crippen LogP contribution in [0.2, 0.25) is 0 Å². The Hall–Kier alpha value is -1.31. The molecule has 0 atom stereocenters. The standard InChI is InChI=1S/C9H15F3N2O3/c1-8(2,13)3-6(15)14(4-7(16)17)5-9(10,11)12/h3-5,13H2,1-2H3,(H,16,17). The maximum atomic E-state index is 12.1. The fraction of sp³-hybridized carbons (Fsp3) is 0.778. The van der Waals surface area contributed by atoms with Gasteiger partial charge in [-0.3, -0.25) is 9.59 Å². The quantitative estimate of drug-likeness (QED) is 0.754. The third-order valence-electron chi connectivity index (χ3n) is 1.66. The molecule has 0 rings (SSSR count). The van der Waals surface area contributed by atoms with Gasteiger partial charge in [0.1, 0.15) is 13.1 Å². The molecule has 0 radical (unpaired) electrons. The van der Waals surface area contributed by atoms with Crippen LogP contribution in [0, 0.1) is 0 Å². The second kappa shape index (κ2) is 5.35. The molecule has 0 bridgehead atoms. The first kappa shape index (κ1) is 15.7. The molecule has 1 amide bonds. The summed E-state index contributed by atoms with van der Waals surface area (Å²) in [6, 6.07) is 0. The largest absolute Gasteiger partial charge is 0.480 e. The Morgan fingerprint density at radius 2 is 1.76 bits per heavy atom. The molecule has 0 fully saturated rings. The number of alkyl halides is 3. The summed E-state index contributed by atoms with van der Waals surface area (Å²) in [5, 5.41) is 8.44. The SMILES string of the molecule is CC(C)(N)CC(=O)N(CC(=O)O)CC(F)(F)F. The summed E-state index contributed by atoms with van der Waals surface area (Å²) >= 11 is 0. The van der Waals surface area contributed by atoms with Crippen LogP contribution in [0.4, 0.5) is 13.2 Å². The maximum Gasteiger partial charge on any atom is 0.406 e. The zero-order valence-corrected chi connectivity index (χ0v) is 9.54. The van der Waals surface area contributed by atoms with E-state index in [0.717, 1.165) is 0 Å². The molecular weight excluding hydrogens is 241 g/mol. The molecule has 17 heavy (non-hydrogen) atoms. The van der Waals surface area contributed by atoms with Crippen molar-refractivity contribution in [1.29, 1.82) is 0 Å². The van der Waals surface area contributed by atoms with Gasteiger partial charge in [-0.05, 0) is 13.8 Å². The third kappa shape index (κ3) is 8.49. The molecule has 0 saturated heterocycles. The molecule has 0 saturated carbocycles. The summed E-state index contributed by atoms with van der Waals surface area (Å²) in [5.41, 5.74) is 4.51. The summed E-state index contributed by atoms with van der Waals surface area (Å²) in [7, 11) is 0. The highest BCUT2D eigenvalue weighted by Crippen LogP contribution is 2.18. The molecule has 0 aromatic heterocycles. The first-order valence-electron chi connectivity index (χ1n) is 4.76. The van der Waals surface area contributed by atoms with E-state index in [-0.39, 0.29) is 11.3 Å². The van der Waals surface area contributed by atoms with E-state index in [0.29, 0.717) is 0 Å². The van der Waals surface area contributed by atoms with Gasteiger partial charge < -0.3 is 15.7 Å². The molecule has 5 nitrogen and oxygen atoms in total. The van der Waals surface area contributed by atoms with Crippen LogP contribution in [0.25, 0.3) is 0 Å². The van der Waals surface area contributed by atoms with E-state index >= 15 is 0 Å². The number of nitrogens with zero attached hydrogens (tertiary/aromatic N) is 1. The molecule has 0 unspecified atom stereocenters. The van der Waals surface area contributed by atoms with Crippen LogP contribution in [0.1, 0.15) is 20.3 Å². The van der Waals surface area contributed by atoms with E-state index in [1.165, 1.54) is 13.8 Å². The van der Waals surface area contributed by atoms with Gasteiger partial charge in [-0.1, -0.05) is 0 Å². The number of carboxylic acid groups (broad SMARTS) is 1. The Kier molecular flexibility index (Phi) is 4.94. The number of carboxylic acids is 1. The Morgan fingerprint density at radius 3 is 2.06 bits per heavy atom. The second-order valence-electron chi connectivity index (χ2n) is 4.42. The minimum atomic E-state index is -4.64. The van der Waals surface area contributed by atoms with Crippen LogP contribution >= 0.6 is 0 Å². The lowest BCUT2D eigenvalue weighted by atomic mass is 10.0. The van der Waals surface area contributed by atoms with Crippen molar-refractivity contribution in [2.75, 3.05) is 13.1 Å². The van der Waals surface area contributed by atoms with Gasteiger partial charge in [-0.2, -0.15) is 13.2 Å². The predicted octanol–water partition coefficient (Wildman–Crippen LogP) is 0.589. The highest BCUT2D eigenvalue weighted by Gasteiger charge is 2.34. The van der Waals surface area contributed by atoms with Crippen molar-refractivity contribution >= 4 is 11.9 Å². The molecule has 0 aliphatic carbocycles. The monoisotopic (exact) mass is 256 g/mol.